The number of rotatable bonds is 4. The third-order valence-corrected chi connectivity index (χ3v) is 4.15. The molecule has 0 amide bonds. The van der Waals surface area contributed by atoms with Gasteiger partial charge in [-0.25, -0.2) is 9.97 Å². The number of alkyl halides is 1. The van der Waals surface area contributed by atoms with Crippen molar-refractivity contribution in [2.75, 3.05) is 11.9 Å². The minimum absolute atomic E-state index is 0.511. The van der Waals surface area contributed by atoms with Crippen LogP contribution in [0.1, 0.15) is 21.8 Å². The Hall–Kier alpha value is -1.13. The first-order chi connectivity index (χ1) is 8.61. The zero-order chi connectivity index (χ0) is 13.1. The van der Waals surface area contributed by atoms with E-state index in [1.165, 1.54) is 4.88 Å². The molecule has 2 rings (SSSR count). The molecule has 0 aliphatic carbocycles. The monoisotopic (exact) mass is 281 g/mol. The number of pyridine rings is 1. The number of halogens is 1. The SMILES string of the molecule is Cc1nc(N(C)Cc2scnc2C)ccc1CCl. The Labute approximate surface area is 116 Å². The molecular weight excluding hydrogens is 266 g/mol. The molecule has 0 radical (unpaired) electrons. The summed E-state index contributed by atoms with van der Waals surface area (Å²) in [6, 6.07) is 4.06. The molecule has 5 heteroatoms. The highest BCUT2D eigenvalue weighted by atomic mass is 35.5. The van der Waals surface area contributed by atoms with Crippen molar-refractivity contribution < 1.29 is 0 Å². The maximum Gasteiger partial charge on any atom is 0.128 e. The van der Waals surface area contributed by atoms with Crippen molar-refractivity contribution in [2.24, 2.45) is 0 Å². The van der Waals surface area contributed by atoms with Gasteiger partial charge in [-0.15, -0.1) is 22.9 Å². The van der Waals surface area contributed by atoms with Crippen LogP contribution < -0.4 is 4.90 Å². The Morgan fingerprint density at radius 1 is 1.28 bits per heavy atom. The highest BCUT2D eigenvalue weighted by Gasteiger charge is 2.09. The van der Waals surface area contributed by atoms with Crippen LogP contribution in [0.4, 0.5) is 5.82 Å². The summed E-state index contributed by atoms with van der Waals surface area (Å²) >= 11 is 7.52. The van der Waals surface area contributed by atoms with Crippen LogP contribution in [0.2, 0.25) is 0 Å². The zero-order valence-electron chi connectivity index (χ0n) is 10.8. The van der Waals surface area contributed by atoms with E-state index < -0.39 is 0 Å². The molecule has 0 spiro atoms. The van der Waals surface area contributed by atoms with Crippen molar-refractivity contribution in [2.45, 2.75) is 26.3 Å². The third-order valence-electron chi connectivity index (χ3n) is 2.94. The Morgan fingerprint density at radius 2 is 2.06 bits per heavy atom. The average Bonchev–Trinajstić information content (AvgIpc) is 2.75. The zero-order valence-corrected chi connectivity index (χ0v) is 12.3. The van der Waals surface area contributed by atoms with Crippen LogP contribution in [-0.4, -0.2) is 17.0 Å². The van der Waals surface area contributed by atoms with E-state index in [-0.39, 0.29) is 0 Å². The van der Waals surface area contributed by atoms with Gasteiger partial charge in [-0.2, -0.15) is 0 Å². The van der Waals surface area contributed by atoms with Crippen LogP contribution in [0.3, 0.4) is 0 Å². The Bertz CT molecular complexity index is 539. The van der Waals surface area contributed by atoms with Crippen LogP contribution >= 0.6 is 22.9 Å². The molecule has 0 saturated heterocycles. The molecule has 0 fully saturated rings. The molecular formula is C13H16ClN3S. The summed E-state index contributed by atoms with van der Waals surface area (Å²) in [6.45, 7) is 4.87. The largest absolute Gasteiger partial charge is 0.354 e. The van der Waals surface area contributed by atoms with Crippen LogP contribution in [0.25, 0.3) is 0 Å². The second kappa shape index (κ2) is 5.67. The van der Waals surface area contributed by atoms with Gasteiger partial charge in [0, 0.05) is 23.5 Å². The molecule has 0 aliphatic rings. The minimum atomic E-state index is 0.511. The lowest BCUT2D eigenvalue weighted by Gasteiger charge is -2.18. The molecule has 2 aromatic rings. The lowest BCUT2D eigenvalue weighted by atomic mass is 10.2. The van der Waals surface area contributed by atoms with Gasteiger partial charge in [-0.05, 0) is 25.5 Å². The minimum Gasteiger partial charge on any atom is -0.354 e. The molecule has 2 aromatic heterocycles. The third kappa shape index (κ3) is 2.82. The van der Waals surface area contributed by atoms with E-state index in [2.05, 4.69) is 14.9 Å². The molecule has 0 saturated carbocycles. The van der Waals surface area contributed by atoms with Gasteiger partial charge < -0.3 is 4.90 Å². The smallest absolute Gasteiger partial charge is 0.128 e. The summed E-state index contributed by atoms with van der Waals surface area (Å²) in [5, 5.41) is 0. The molecule has 0 atom stereocenters. The molecule has 18 heavy (non-hydrogen) atoms. The first-order valence-corrected chi connectivity index (χ1v) is 7.16. The predicted molar refractivity (Wildman–Crippen MR) is 77.5 cm³/mol. The van der Waals surface area contributed by atoms with Crippen LogP contribution in [0, 0.1) is 13.8 Å². The van der Waals surface area contributed by atoms with E-state index in [0.717, 1.165) is 29.3 Å². The van der Waals surface area contributed by atoms with Crippen molar-refractivity contribution in [3.8, 4) is 0 Å². The normalized spacial score (nSPS) is 10.7. The summed E-state index contributed by atoms with van der Waals surface area (Å²) in [5.41, 5.74) is 5.06. The van der Waals surface area contributed by atoms with Gasteiger partial charge in [0.25, 0.3) is 0 Å². The van der Waals surface area contributed by atoms with Crippen molar-refractivity contribution in [1.29, 1.82) is 0 Å². The topological polar surface area (TPSA) is 29.0 Å². The summed E-state index contributed by atoms with van der Waals surface area (Å²) in [4.78, 5) is 12.2. The van der Waals surface area contributed by atoms with Gasteiger partial charge in [0.15, 0.2) is 0 Å². The summed E-state index contributed by atoms with van der Waals surface area (Å²) in [5.74, 6) is 1.48. The number of anilines is 1. The van der Waals surface area contributed by atoms with E-state index >= 15 is 0 Å². The second-order valence-corrected chi connectivity index (χ2v) is 5.47. The molecule has 3 nitrogen and oxygen atoms in total. The number of hydrogen-bond donors (Lipinski definition) is 0. The summed E-state index contributed by atoms with van der Waals surface area (Å²) in [7, 11) is 2.04. The number of nitrogens with zero attached hydrogens (tertiary/aromatic N) is 3. The standard InChI is InChI=1S/C13H16ClN3S/c1-9-11(6-14)4-5-13(16-9)17(3)7-12-10(2)15-8-18-12/h4-5,8H,6-7H2,1-3H3. The number of hydrogen-bond acceptors (Lipinski definition) is 4. The fourth-order valence-electron chi connectivity index (χ4n) is 1.70. The Balaban J connectivity index is 2.16. The fourth-order valence-corrected chi connectivity index (χ4v) is 2.82. The molecule has 0 bridgehead atoms. The van der Waals surface area contributed by atoms with Crippen molar-refractivity contribution in [3.63, 3.8) is 0 Å². The first kappa shape index (κ1) is 13.3. The van der Waals surface area contributed by atoms with Gasteiger partial charge in [0.1, 0.15) is 5.82 Å². The molecule has 0 aliphatic heterocycles. The van der Waals surface area contributed by atoms with Gasteiger partial charge in [-0.3, -0.25) is 0 Å². The highest BCUT2D eigenvalue weighted by Crippen LogP contribution is 2.20. The van der Waals surface area contributed by atoms with E-state index in [0.29, 0.717) is 5.88 Å². The summed E-state index contributed by atoms with van der Waals surface area (Å²) in [6.07, 6.45) is 0. The number of thiazole rings is 1. The molecule has 0 unspecified atom stereocenters. The van der Waals surface area contributed by atoms with Crippen molar-refractivity contribution in [3.05, 3.63) is 39.5 Å². The maximum atomic E-state index is 5.84. The molecule has 2 heterocycles. The van der Waals surface area contributed by atoms with E-state index in [4.69, 9.17) is 11.6 Å². The lowest BCUT2D eigenvalue weighted by Crippen LogP contribution is -2.18. The van der Waals surface area contributed by atoms with Gasteiger partial charge in [0.2, 0.25) is 0 Å². The van der Waals surface area contributed by atoms with E-state index in [9.17, 15) is 0 Å². The first-order valence-electron chi connectivity index (χ1n) is 5.74. The van der Waals surface area contributed by atoms with Crippen LogP contribution in [0.5, 0.6) is 0 Å². The Morgan fingerprint density at radius 3 is 2.61 bits per heavy atom. The van der Waals surface area contributed by atoms with Gasteiger partial charge in [-0.1, -0.05) is 6.07 Å². The van der Waals surface area contributed by atoms with E-state index in [1.807, 2.05) is 38.5 Å². The van der Waals surface area contributed by atoms with Gasteiger partial charge in [0.05, 0.1) is 17.7 Å². The van der Waals surface area contributed by atoms with Crippen molar-refractivity contribution in [1.82, 2.24) is 9.97 Å². The van der Waals surface area contributed by atoms with E-state index in [1.54, 1.807) is 11.3 Å². The highest BCUT2D eigenvalue weighted by molar-refractivity contribution is 7.09. The number of aromatic nitrogens is 2. The molecule has 0 N–H and O–H groups in total. The van der Waals surface area contributed by atoms with Gasteiger partial charge >= 0.3 is 0 Å². The summed E-state index contributed by atoms with van der Waals surface area (Å²) < 4.78 is 0. The number of aryl methyl sites for hydroxylation is 2. The van der Waals surface area contributed by atoms with Crippen molar-refractivity contribution >= 4 is 28.8 Å². The van der Waals surface area contributed by atoms with Crippen LogP contribution in [-0.2, 0) is 12.4 Å². The fraction of sp³-hybridized carbons (Fsp3) is 0.385. The maximum absolute atomic E-state index is 5.84. The molecule has 0 aromatic carbocycles. The molecule has 96 valence electrons. The Kier molecular flexibility index (Phi) is 4.19. The average molecular weight is 282 g/mol. The van der Waals surface area contributed by atoms with Crippen LogP contribution in [0.15, 0.2) is 17.6 Å². The predicted octanol–water partition coefficient (Wildman–Crippen LogP) is 3.53. The quantitative estimate of drug-likeness (QED) is 0.803. The second-order valence-electron chi connectivity index (χ2n) is 4.26. The lowest BCUT2D eigenvalue weighted by molar-refractivity contribution is 0.892.